The second-order valence-corrected chi connectivity index (χ2v) is 5.91. The van der Waals surface area contributed by atoms with Crippen molar-refractivity contribution in [3.63, 3.8) is 0 Å². The molecule has 20 heavy (non-hydrogen) atoms. The topological polar surface area (TPSA) is 41.5 Å². The van der Waals surface area contributed by atoms with E-state index in [4.69, 9.17) is 16.3 Å². The standard InChI is InChI=1S/C14H21ClN4O/c1-10-13(15)16-11(2)17-14(10)19-4-3-12(9-19)18-5-7-20-8-6-18/h12H,3-9H2,1-2H3. The van der Waals surface area contributed by atoms with Crippen LogP contribution in [0.4, 0.5) is 5.82 Å². The Morgan fingerprint density at radius 2 is 1.90 bits per heavy atom. The molecule has 3 heterocycles. The second kappa shape index (κ2) is 5.84. The number of nitrogens with zero attached hydrogens (tertiary/aromatic N) is 4. The van der Waals surface area contributed by atoms with Crippen molar-refractivity contribution in [2.45, 2.75) is 26.3 Å². The van der Waals surface area contributed by atoms with Gasteiger partial charge in [-0.2, -0.15) is 0 Å². The average molecular weight is 297 g/mol. The number of hydrogen-bond donors (Lipinski definition) is 0. The first kappa shape index (κ1) is 14.0. The number of halogens is 1. The highest BCUT2D eigenvalue weighted by Crippen LogP contribution is 2.28. The van der Waals surface area contributed by atoms with Crippen molar-refractivity contribution in [2.75, 3.05) is 44.3 Å². The van der Waals surface area contributed by atoms with Gasteiger partial charge in [-0.3, -0.25) is 4.90 Å². The first-order valence-corrected chi connectivity index (χ1v) is 7.60. The highest BCUT2D eigenvalue weighted by molar-refractivity contribution is 6.30. The number of anilines is 1. The van der Waals surface area contributed by atoms with Gasteiger partial charge in [0.15, 0.2) is 0 Å². The molecule has 0 bridgehead atoms. The summed E-state index contributed by atoms with van der Waals surface area (Å²) in [6.45, 7) is 9.75. The summed E-state index contributed by atoms with van der Waals surface area (Å²) in [7, 11) is 0. The molecule has 2 fully saturated rings. The van der Waals surface area contributed by atoms with Crippen LogP contribution in [0.5, 0.6) is 0 Å². The summed E-state index contributed by atoms with van der Waals surface area (Å²) in [5.74, 6) is 1.74. The van der Waals surface area contributed by atoms with Gasteiger partial charge in [-0.15, -0.1) is 0 Å². The molecular formula is C14H21ClN4O. The highest BCUT2D eigenvalue weighted by Gasteiger charge is 2.30. The Labute approximate surface area is 124 Å². The van der Waals surface area contributed by atoms with E-state index < -0.39 is 0 Å². The van der Waals surface area contributed by atoms with Crippen molar-refractivity contribution < 1.29 is 4.74 Å². The van der Waals surface area contributed by atoms with Crippen LogP contribution in [-0.2, 0) is 4.74 Å². The number of aryl methyl sites for hydroxylation is 1. The van der Waals surface area contributed by atoms with Gasteiger partial charge in [-0.05, 0) is 20.3 Å². The van der Waals surface area contributed by atoms with Gasteiger partial charge in [-0.25, -0.2) is 9.97 Å². The Morgan fingerprint density at radius 3 is 2.65 bits per heavy atom. The van der Waals surface area contributed by atoms with Crippen LogP contribution in [0, 0.1) is 13.8 Å². The lowest BCUT2D eigenvalue weighted by molar-refractivity contribution is 0.0209. The predicted octanol–water partition coefficient (Wildman–Crippen LogP) is 1.66. The third-order valence-corrected chi connectivity index (χ3v) is 4.57. The lowest BCUT2D eigenvalue weighted by Gasteiger charge is -2.32. The SMILES string of the molecule is Cc1nc(Cl)c(C)c(N2CCC(N3CCOCC3)C2)n1. The van der Waals surface area contributed by atoms with Crippen molar-refractivity contribution in [3.8, 4) is 0 Å². The molecule has 1 atom stereocenters. The van der Waals surface area contributed by atoms with Gasteiger partial charge in [0.2, 0.25) is 0 Å². The maximum Gasteiger partial charge on any atom is 0.137 e. The molecule has 3 rings (SSSR count). The molecule has 0 N–H and O–H groups in total. The Balaban J connectivity index is 1.73. The summed E-state index contributed by atoms with van der Waals surface area (Å²) >= 11 is 6.18. The molecule has 0 spiro atoms. The largest absolute Gasteiger partial charge is 0.379 e. The molecule has 5 nitrogen and oxygen atoms in total. The molecule has 0 aliphatic carbocycles. The number of aromatic nitrogens is 2. The highest BCUT2D eigenvalue weighted by atomic mass is 35.5. The van der Waals surface area contributed by atoms with Gasteiger partial charge < -0.3 is 9.64 Å². The average Bonchev–Trinajstić information content (AvgIpc) is 2.93. The zero-order chi connectivity index (χ0) is 14.1. The lowest BCUT2D eigenvalue weighted by Crippen LogP contribution is -2.44. The third-order valence-electron chi connectivity index (χ3n) is 4.20. The molecule has 1 unspecified atom stereocenters. The van der Waals surface area contributed by atoms with Gasteiger partial charge in [0, 0.05) is 37.8 Å². The van der Waals surface area contributed by atoms with Crippen LogP contribution < -0.4 is 4.90 Å². The normalized spacial score (nSPS) is 24.4. The summed E-state index contributed by atoms with van der Waals surface area (Å²) in [5.41, 5.74) is 0.986. The van der Waals surface area contributed by atoms with Gasteiger partial charge >= 0.3 is 0 Å². The van der Waals surface area contributed by atoms with Gasteiger partial charge in [0.05, 0.1) is 13.2 Å². The van der Waals surface area contributed by atoms with E-state index in [1.807, 2.05) is 13.8 Å². The van der Waals surface area contributed by atoms with Crippen LogP contribution >= 0.6 is 11.6 Å². The van der Waals surface area contributed by atoms with Crippen molar-refractivity contribution in [2.24, 2.45) is 0 Å². The molecule has 2 aliphatic rings. The smallest absolute Gasteiger partial charge is 0.137 e. The van der Waals surface area contributed by atoms with Crippen LogP contribution in [0.15, 0.2) is 0 Å². The number of ether oxygens (including phenoxy) is 1. The summed E-state index contributed by atoms with van der Waals surface area (Å²) in [6.07, 6.45) is 1.18. The van der Waals surface area contributed by atoms with E-state index in [0.717, 1.165) is 56.6 Å². The fourth-order valence-electron chi connectivity index (χ4n) is 3.06. The Bertz CT molecular complexity index is 490. The van der Waals surface area contributed by atoms with Crippen LogP contribution in [0.25, 0.3) is 0 Å². The molecule has 0 radical (unpaired) electrons. The van der Waals surface area contributed by atoms with Gasteiger partial charge in [0.1, 0.15) is 16.8 Å². The summed E-state index contributed by atoms with van der Waals surface area (Å²) in [5, 5.41) is 0.572. The predicted molar refractivity (Wildman–Crippen MR) is 79.5 cm³/mol. The van der Waals surface area contributed by atoms with E-state index in [-0.39, 0.29) is 0 Å². The minimum atomic E-state index is 0.572. The van der Waals surface area contributed by atoms with Crippen molar-refractivity contribution in [1.82, 2.24) is 14.9 Å². The van der Waals surface area contributed by atoms with E-state index in [2.05, 4.69) is 19.8 Å². The Morgan fingerprint density at radius 1 is 1.15 bits per heavy atom. The molecule has 0 saturated carbocycles. The van der Waals surface area contributed by atoms with Crippen molar-refractivity contribution >= 4 is 17.4 Å². The fourth-order valence-corrected chi connectivity index (χ4v) is 3.27. The monoisotopic (exact) mass is 296 g/mol. The van der Waals surface area contributed by atoms with Crippen LogP contribution in [0.3, 0.4) is 0 Å². The Hall–Kier alpha value is -0.910. The zero-order valence-corrected chi connectivity index (χ0v) is 12.9. The van der Waals surface area contributed by atoms with Crippen LogP contribution in [-0.4, -0.2) is 60.3 Å². The summed E-state index contributed by atoms with van der Waals surface area (Å²) in [4.78, 5) is 13.7. The summed E-state index contributed by atoms with van der Waals surface area (Å²) < 4.78 is 5.43. The first-order chi connectivity index (χ1) is 9.65. The van der Waals surface area contributed by atoms with Crippen LogP contribution in [0.1, 0.15) is 17.8 Å². The van der Waals surface area contributed by atoms with Gasteiger partial charge in [0.25, 0.3) is 0 Å². The molecule has 0 amide bonds. The molecule has 2 aliphatic heterocycles. The van der Waals surface area contributed by atoms with E-state index in [0.29, 0.717) is 11.2 Å². The maximum atomic E-state index is 6.18. The fraction of sp³-hybridized carbons (Fsp3) is 0.714. The second-order valence-electron chi connectivity index (χ2n) is 5.55. The summed E-state index contributed by atoms with van der Waals surface area (Å²) in [6, 6.07) is 0.604. The molecular weight excluding hydrogens is 276 g/mol. The molecule has 0 aromatic carbocycles. The minimum Gasteiger partial charge on any atom is -0.379 e. The van der Waals surface area contributed by atoms with E-state index in [9.17, 15) is 0 Å². The number of hydrogen-bond acceptors (Lipinski definition) is 5. The quantitative estimate of drug-likeness (QED) is 0.777. The van der Waals surface area contributed by atoms with Crippen molar-refractivity contribution in [1.29, 1.82) is 0 Å². The van der Waals surface area contributed by atoms with Crippen LogP contribution in [0.2, 0.25) is 5.15 Å². The third kappa shape index (κ3) is 2.75. The van der Waals surface area contributed by atoms with Gasteiger partial charge in [-0.1, -0.05) is 11.6 Å². The van der Waals surface area contributed by atoms with E-state index >= 15 is 0 Å². The minimum absolute atomic E-state index is 0.572. The van der Waals surface area contributed by atoms with E-state index in [1.165, 1.54) is 6.42 Å². The number of morpholine rings is 1. The molecule has 110 valence electrons. The molecule has 1 aromatic heterocycles. The molecule has 6 heteroatoms. The van der Waals surface area contributed by atoms with E-state index in [1.54, 1.807) is 0 Å². The lowest BCUT2D eigenvalue weighted by atomic mass is 10.2. The van der Waals surface area contributed by atoms with Crippen molar-refractivity contribution in [3.05, 3.63) is 16.5 Å². The molecule has 2 saturated heterocycles. The Kier molecular flexibility index (Phi) is 4.10. The zero-order valence-electron chi connectivity index (χ0n) is 12.1. The number of rotatable bonds is 2. The maximum absolute atomic E-state index is 6.18. The molecule has 1 aromatic rings. The first-order valence-electron chi connectivity index (χ1n) is 7.22.